The van der Waals surface area contributed by atoms with E-state index in [4.69, 9.17) is 0 Å². The van der Waals surface area contributed by atoms with Crippen LogP contribution in [0, 0.1) is 0 Å². The van der Waals surface area contributed by atoms with Crippen molar-refractivity contribution in [2.45, 2.75) is 26.3 Å². The molecule has 0 amide bonds. The van der Waals surface area contributed by atoms with Crippen LogP contribution < -0.4 is 5.32 Å². The third-order valence-electron chi connectivity index (χ3n) is 2.33. The molecule has 1 aromatic rings. The Morgan fingerprint density at radius 2 is 2.00 bits per heavy atom. The van der Waals surface area contributed by atoms with Crippen LogP contribution in [0.4, 0.5) is 0 Å². The van der Waals surface area contributed by atoms with Crippen LogP contribution >= 0.6 is 11.8 Å². The molecule has 1 nitrogen and oxygen atoms in total. The molecule has 1 N–H and O–H groups in total. The molecule has 0 aliphatic carbocycles. The second-order valence-corrected chi connectivity index (χ2v) is 5.14. The predicted octanol–water partition coefficient (Wildman–Crippen LogP) is 2.96. The van der Waals surface area contributed by atoms with E-state index in [0.717, 1.165) is 13.0 Å². The highest BCUT2D eigenvalue weighted by Crippen LogP contribution is 2.03. The minimum atomic E-state index is 0.574. The maximum atomic E-state index is 3.55. The summed E-state index contributed by atoms with van der Waals surface area (Å²) in [7, 11) is 0. The molecule has 1 rings (SSSR count). The molecule has 15 heavy (non-hydrogen) atoms. The molecule has 0 fully saturated rings. The van der Waals surface area contributed by atoms with Crippen LogP contribution in [0.5, 0.6) is 0 Å². The molecule has 1 aromatic carbocycles. The molecular weight excluding hydrogens is 202 g/mol. The Bertz CT molecular complexity index is 248. The van der Waals surface area contributed by atoms with Crippen LogP contribution in [0.2, 0.25) is 0 Å². The summed E-state index contributed by atoms with van der Waals surface area (Å²) in [5.74, 6) is 2.43. The van der Waals surface area contributed by atoms with E-state index < -0.39 is 0 Å². The van der Waals surface area contributed by atoms with Gasteiger partial charge in [0.2, 0.25) is 0 Å². The number of benzene rings is 1. The first-order chi connectivity index (χ1) is 7.33. The fourth-order valence-electron chi connectivity index (χ4n) is 1.56. The predicted molar refractivity (Wildman–Crippen MR) is 70.6 cm³/mol. The number of hydrogen-bond donors (Lipinski definition) is 1. The number of thioether (sulfide) groups is 1. The van der Waals surface area contributed by atoms with Gasteiger partial charge in [-0.25, -0.2) is 0 Å². The van der Waals surface area contributed by atoms with Crippen molar-refractivity contribution in [1.29, 1.82) is 0 Å². The van der Waals surface area contributed by atoms with E-state index in [1.807, 2.05) is 11.8 Å². The van der Waals surface area contributed by atoms with Gasteiger partial charge in [0.15, 0.2) is 0 Å². The SMILES string of the molecule is CCSCCNC(C)Cc1ccccc1. The summed E-state index contributed by atoms with van der Waals surface area (Å²) in [6.07, 6.45) is 1.12. The standard InChI is InChI=1S/C13H21NS/c1-3-15-10-9-14-12(2)11-13-7-5-4-6-8-13/h4-8,12,14H,3,9-11H2,1-2H3. The van der Waals surface area contributed by atoms with Gasteiger partial charge in [0.05, 0.1) is 0 Å². The van der Waals surface area contributed by atoms with Crippen LogP contribution in [-0.2, 0) is 6.42 Å². The Morgan fingerprint density at radius 3 is 2.67 bits per heavy atom. The first-order valence-electron chi connectivity index (χ1n) is 5.68. The molecule has 0 spiro atoms. The van der Waals surface area contributed by atoms with Crippen molar-refractivity contribution in [3.05, 3.63) is 35.9 Å². The summed E-state index contributed by atoms with van der Waals surface area (Å²) in [4.78, 5) is 0. The topological polar surface area (TPSA) is 12.0 Å². The molecule has 1 atom stereocenters. The van der Waals surface area contributed by atoms with Crippen LogP contribution in [0.1, 0.15) is 19.4 Å². The van der Waals surface area contributed by atoms with Crippen molar-refractivity contribution in [3.63, 3.8) is 0 Å². The molecule has 0 radical (unpaired) electrons. The number of nitrogens with one attached hydrogen (secondary N) is 1. The summed E-state index contributed by atoms with van der Waals surface area (Å²) in [5.41, 5.74) is 1.42. The Kier molecular flexibility index (Phi) is 6.53. The van der Waals surface area contributed by atoms with Crippen molar-refractivity contribution in [2.24, 2.45) is 0 Å². The highest BCUT2D eigenvalue weighted by Gasteiger charge is 2.01. The molecule has 2 heteroatoms. The average molecular weight is 223 g/mol. The lowest BCUT2D eigenvalue weighted by Crippen LogP contribution is -2.30. The summed E-state index contributed by atoms with van der Waals surface area (Å²) >= 11 is 1.99. The molecule has 0 saturated heterocycles. The highest BCUT2D eigenvalue weighted by molar-refractivity contribution is 7.99. The zero-order valence-electron chi connectivity index (χ0n) is 9.70. The van der Waals surface area contributed by atoms with Crippen molar-refractivity contribution in [1.82, 2.24) is 5.32 Å². The molecule has 0 bridgehead atoms. The zero-order valence-corrected chi connectivity index (χ0v) is 10.5. The molecule has 1 unspecified atom stereocenters. The van der Waals surface area contributed by atoms with Crippen molar-refractivity contribution in [3.8, 4) is 0 Å². The average Bonchev–Trinajstić information content (AvgIpc) is 2.26. The van der Waals surface area contributed by atoms with Crippen molar-refractivity contribution >= 4 is 11.8 Å². The van der Waals surface area contributed by atoms with E-state index >= 15 is 0 Å². The van der Waals surface area contributed by atoms with Gasteiger partial charge in [-0.3, -0.25) is 0 Å². The Morgan fingerprint density at radius 1 is 1.27 bits per heavy atom. The molecule has 84 valence electrons. The Labute approximate surface area is 97.7 Å². The third-order valence-corrected chi connectivity index (χ3v) is 3.23. The van der Waals surface area contributed by atoms with Gasteiger partial charge < -0.3 is 5.32 Å². The van der Waals surface area contributed by atoms with E-state index in [2.05, 4.69) is 49.5 Å². The molecule has 0 aromatic heterocycles. The minimum absolute atomic E-state index is 0.574. The van der Waals surface area contributed by atoms with Gasteiger partial charge in [-0.15, -0.1) is 0 Å². The van der Waals surface area contributed by atoms with Crippen LogP contribution in [-0.4, -0.2) is 24.1 Å². The third kappa shape index (κ3) is 5.85. The quantitative estimate of drug-likeness (QED) is 0.713. The van der Waals surface area contributed by atoms with Crippen LogP contribution in [0.3, 0.4) is 0 Å². The molecule has 0 saturated carbocycles. The second kappa shape index (κ2) is 7.77. The number of rotatable bonds is 7. The van der Waals surface area contributed by atoms with Gasteiger partial charge in [-0.1, -0.05) is 37.3 Å². The highest BCUT2D eigenvalue weighted by atomic mass is 32.2. The maximum absolute atomic E-state index is 3.55. The molecule has 0 heterocycles. The van der Waals surface area contributed by atoms with Gasteiger partial charge in [0.25, 0.3) is 0 Å². The molecular formula is C13H21NS. The number of hydrogen-bond acceptors (Lipinski definition) is 2. The van der Waals surface area contributed by atoms with E-state index in [-0.39, 0.29) is 0 Å². The Balaban J connectivity index is 2.16. The first-order valence-corrected chi connectivity index (χ1v) is 6.83. The largest absolute Gasteiger partial charge is 0.313 e. The first kappa shape index (κ1) is 12.6. The van der Waals surface area contributed by atoms with E-state index in [1.165, 1.54) is 17.1 Å². The fraction of sp³-hybridized carbons (Fsp3) is 0.538. The van der Waals surface area contributed by atoms with Gasteiger partial charge in [-0.05, 0) is 24.7 Å². The smallest absolute Gasteiger partial charge is 0.00794 e. The van der Waals surface area contributed by atoms with Gasteiger partial charge in [-0.2, -0.15) is 11.8 Å². The van der Waals surface area contributed by atoms with E-state index in [9.17, 15) is 0 Å². The lowest BCUT2D eigenvalue weighted by atomic mass is 10.1. The van der Waals surface area contributed by atoms with Crippen molar-refractivity contribution < 1.29 is 0 Å². The lowest BCUT2D eigenvalue weighted by Gasteiger charge is -2.13. The van der Waals surface area contributed by atoms with Gasteiger partial charge in [0.1, 0.15) is 0 Å². The second-order valence-electron chi connectivity index (χ2n) is 3.74. The normalized spacial score (nSPS) is 12.7. The lowest BCUT2D eigenvalue weighted by molar-refractivity contribution is 0.568. The van der Waals surface area contributed by atoms with E-state index in [1.54, 1.807) is 0 Å². The van der Waals surface area contributed by atoms with Gasteiger partial charge in [0, 0.05) is 18.3 Å². The minimum Gasteiger partial charge on any atom is -0.313 e. The van der Waals surface area contributed by atoms with Crippen LogP contribution in [0.15, 0.2) is 30.3 Å². The maximum Gasteiger partial charge on any atom is 0.00794 e. The Hall–Kier alpha value is -0.470. The van der Waals surface area contributed by atoms with E-state index in [0.29, 0.717) is 6.04 Å². The monoisotopic (exact) mass is 223 g/mol. The van der Waals surface area contributed by atoms with Gasteiger partial charge >= 0.3 is 0 Å². The summed E-state index contributed by atoms with van der Waals surface area (Å²) in [5, 5.41) is 3.55. The summed E-state index contributed by atoms with van der Waals surface area (Å²) in [6.45, 7) is 5.58. The molecule has 0 aliphatic heterocycles. The summed E-state index contributed by atoms with van der Waals surface area (Å²) < 4.78 is 0. The fourth-order valence-corrected chi connectivity index (χ4v) is 2.11. The zero-order chi connectivity index (χ0) is 10.9. The van der Waals surface area contributed by atoms with Crippen molar-refractivity contribution in [2.75, 3.05) is 18.1 Å². The van der Waals surface area contributed by atoms with Crippen LogP contribution in [0.25, 0.3) is 0 Å². The molecule has 0 aliphatic rings. The summed E-state index contributed by atoms with van der Waals surface area (Å²) in [6, 6.07) is 11.2.